The maximum Gasteiger partial charge on any atom is 0.0192 e. The Hall–Kier alpha value is -0.0800. The lowest BCUT2D eigenvalue weighted by Gasteiger charge is -2.26. The first kappa shape index (κ1) is 7.03. The summed E-state index contributed by atoms with van der Waals surface area (Å²) < 4.78 is 0. The van der Waals surface area contributed by atoms with Crippen LogP contribution in [0.25, 0.3) is 0 Å². The van der Waals surface area contributed by atoms with Crippen LogP contribution in [0.3, 0.4) is 0 Å². The van der Waals surface area contributed by atoms with Crippen molar-refractivity contribution in [3.63, 3.8) is 0 Å². The van der Waals surface area contributed by atoms with Gasteiger partial charge in [0.15, 0.2) is 0 Å². The third-order valence-corrected chi connectivity index (χ3v) is 2.04. The first-order valence-electron chi connectivity index (χ1n) is 3.76. The Balaban J connectivity index is 2.23. The molecule has 1 saturated heterocycles. The van der Waals surface area contributed by atoms with Crippen LogP contribution in [0.15, 0.2) is 0 Å². The molecule has 0 radical (unpaired) electrons. The van der Waals surface area contributed by atoms with Gasteiger partial charge >= 0.3 is 0 Å². The summed E-state index contributed by atoms with van der Waals surface area (Å²) in [6.45, 7) is 4.25. The highest BCUT2D eigenvalue weighted by atomic mass is 14.9. The summed E-state index contributed by atoms with van der Waals surface area (Å²) >= 11 is 0. The molecule has 1 heterocycles. The molecular formula is C7H16N2. The molecule has 1 aliphatic rings. The van der Waals surface area contributed by atoms with Crippen LogP contribution in [0.2, 0.25) is 0 Å². The average Bonchev–Trinajstić information content (AvgIpc) is 1.88. The zero-order valence-corrected chi connectivity index (χ0v) is 6.06. The minimum atomic E-state index is 0.591. The second-order valence-corrected chi connectivity index (χ2v) is 3.02. The lowest BCUT2D eigenvalue weighted by molar-refractivity contribution is 0.325. The lowest BCUT2D eigenvalue weighted by Crippen LogP contribution is -2.42. The van der Waals surface area contributed by atoms with Gasteiger partial charge in [0.2, 0.25) is 0 Å². The molecule has 0 aliphatic carbocycles. The van der Waals surface area contributed by atoms with Crippen LogP contribution in [0.1, 0.15) is 19.8 Å². The van der Waals surface area contributed by atoms with Crippen molar-refractivity contribution in [3.05, 3.63) is 0 Å². The van der Waals surface area contributed by atoms with Gasteiger partial charge in [0.25, 0.3) is 0 Å². The topological polar surface area (TPSA) is 38.0 Å². The monoisotopic (exact) mass is 128 g/mol. The van der Waals surface area contributed by atoms with E-state index in [0.717, 1.165) is 19.0 Å². The van der Waals surface area contributed by atoms with Crippen molar-refractivity contribution in [2.45, 2.75) is 25.8 Å². The predicted octanol–water partition coefficient (Wildman–Crippen LogP) is 0.333. The van der Waals surface area contributed by atoms with Gasteiger partial charge < -0.3 is 11.1 Å². The highest BCUT2D eigenvalue weighted by molar-refractivity contribution is 4.76. The Bertz CT molecular complexity index is 83.0. The summed E-state index contributed by atoms with van der Waals surface area (Å²) in [5.41, 5.74) is 5.50. The number of rotatable bonds is 1. The van der Waals surface area contributed by atoms with E-state index >= 15 is 0 Å². The highest BCUT2D eigenvalue weighted by Crippen LogP contribution is 2.13. The van der Waals surface area contributed by atoms with E-state index in [4.69, 9.17) is 5.73 Å². The van der Waals surface area contributed by atoms with E-state index in [0.29, 0.717) is 6.04 Å². The molecule has 0 bridgehead atoms. The molecule has 1 fully saturated rings. The van der Waals surface area contributed by atoms with Crippen molar-refractivity contribution in [1.82, 2.24) is 5.32 Å². The van der Waals surface area contributed by atoms with Gasteiger partial charge in [-0.25, -0.2) is 0 Å². The van der Waals surface area contributed by atoms with E-state index in [1.54, 1.807) is 0 Å². The van der Waals surface area contributed by atoms with Crippen molar-refractivity contribution in [2.75, 3.05) is 13.1 Å². The summed E-state index contributed by atoms with van der Waals surface area (Å²) in [4.78, 5) is 0. The maximum absolute atomic E-state index is 5.50. The van der Waals surface area contributed by atoms with Gasteiger partial charge in [-0.1, -0.05) is 6.92 Å². The first-order chi connectivity index (χ1) is 4.33. The molecule has 2 unspecified atom stereocenters. The van der Waals surface area contributed by atoms with E-state index in [1.165, 1.54) is 12.8 Å². The Morgan fingerprint density at radius 3 is 2.89 bits per heavy atom. The molecule has 0 amide bonds. The van der Waals surface area contributed by atoms with Crippen LogP contribution in [0.4, 0.5) is 0 Å². The molecule has 2 heteroatoms. The Morgan fingerprint density at radius 1 is 1.67 bits per heavy atom. The second-order valence-electron chi connectivity index (χ2n) is 3.02. The Morgan fingerprint density at radius 2 is 2.44 bits per heavy atom. The van der Waals surface area contributed by atoms with E-state index in [-0.39, 0.29) is 0 Å². The van der Waals surface area contributed by atoms with E-state index in [2.05, 4.69) is 12.2 Å². The summed E-state index contributed by atoms with van der Waals surface area (Å²) in [6.07, 6.45) is 2.58. The molecule has 1 aliphatic heterocycles. The number of piperidine rings is 1. The normalized spacial score (nSPS) is 36.7. The van der Waals surface area contributed by atoms with E-state index in [9.17, 15) is 0 Å². The fourth-order valence-corrected chi connectivity index (χ4v) is 1.40. The molecule has 0 saturated carbocycles. The molecule has 2 atom stereocenters. The zero-order chi connectivity index (χ0) is 6.69. The van der Waals surface area contributed by atoms with Gasteiger partial charge in [0, 0.05) is 12.6 Å². The highest BCUT2D eigenvalue weighted by Gasteiger charge is 2.15. The van der Waals surface area contributed by atoms with Gasteiger partial charge in [-0.15, -0.1) is 0 Å². The van der Waals surface area contributed by atoms with E-state index < -0.39 is 0 Å². The lowest BCUT2D eigenvalue weighted by atomic mass is 9.94. The van der Waals surface area contributed by atoms with Gasteiger partial charge in [-0.05, 0) is 25.3 Å². The van der Waals surface area contributed by atoms with Crippen molar-refractivity contribution in [1.29, 1.82) is 0 Å². The summed E-state index contributed by atoms with van der Waals surface area (Å²) in [7, 11) is 0. The molecule has 3 N–H and O–H groups in total. The van der Waals surface area contributed by atoms with Crippen molar-refractivity contribution in [3.8, 4) is 0 Å². The number of nitrogens with two attached hydrogens (primary N) is 1. The molecular weight excluding hydrogens is 112 g/mol. The number of hydrogen-bond acceptors (Lipinski definition) is 2. The molecule has 0 aromatic heterocycles. The molecule has 0 aromatic rings. The van der Waals surface area contributed by atoms with Gasteiger partial charge in [-0.3, -0.25) is 0 Å². The largest absolute Gasteiger partial charge is 0.329 e. The maximum atomic E-state index is 5.50. The number of hydrogen-bond donors (Lipinski definition) is 2. The summed E-state index contributed by atoms with van der Waals surface area (Å²) in [6, 6.07) is 0.591. The summed E-state index contributed by atoms with van der Waals surface area (Å²) in [5, 5.41) is 3.37. The van der Waals surface area contributed by atoms with Gasteiger partial charge in [0.1, 0.15) is 0 Å². The standard InChI is InChI=1S/C7H16N2/c1-6-2-3-9-7(4-6)5-8/h6-7,9H,2-5,8H2,1H3. The predicted molar refractivity (Wildman–Crippen MR) is 39.2 cm³/mol. The average molecular weight is 128 g/mol. The third kappa shape index (κ3) is 1.95. The molecule has 9 heavy (non-hydrogen) atoms. The van der Waals surface area contributed by atoms with Crippen molar-refractivity contribution >= 4 is 0 Å². The van der Waals surface area contributed by atoms with Gasteiger partial charge in [-0.2, -0.15) is 0 Å². The van der Waals surface area contributed by atoms with Crippen LogP contribution >= 0.6 is 0 Å². The Kier molecular flexibility index (Phi) is 2.49. The Labute approximate surface area is 56.8 Å². The van der Waals surface area contributed by atoms with Gasteiger partial charge in [0.05, 0.1) is 0 Å². The molecule has 2 nitrogen and oxygen atoms in total. The smallest absolute Gasteiger partial charge is 0.0192 e. The van der Waals surface area contributed by atoms with Crippen LogP contribution in [-0.2, 0) is 0 Å². The van der Waals surface area contributed by atoms with Crippen molar-refractivity contribution in [2.24, 2.45) is 11.7 Å². The third-order valence-electron chi connectivity index (χ3n) is 2.04. The minimum absolute atomic E-state index is 0.591. The fourth-order valence-electron chi connectivity index (χ4n) is 1.40. The first-order valence-corrected chi connectivity index (χ1v) is 3.76. The molecule has 1 rings (SSSR count). The summed E-state index contributed by atoms with van der Waals surface area (Å²) in [5.74, 6) is 0.875. The molecule has 0 aromatic carbocycles. The van der Waals surface area contributed by atoms with E-state index in [1.807, 2.05) is 0 Å². The van der Waals surface area contributed by atoms with Crippen molar-refractivity contribution < 1.29 is 0 Å². The van der Waals surface area contributed by atoms with Crippen LogP contribution in [-0.4, -0.2) is 19.1 Å². The van der Waals surface area contributed by atoms with Crippen LogP contribution in [0.5, 0.6) is 0 Å². The van der Waals surface area contributed by atoms with Crippen LogP contribution in [0, 0.1) is 5.92 Å². The second kappa shape index (κ2) is 3.18. The van der Waals surface area contributed by atoms with Crippen LogP contribution < -0.4 is 11.1 Å². The quantitative estimate of drug-likeness (QED) is 0.534. The fraction of sp³-hybridized carbons (Fsp3) is 1.00. The zero-order valence-electron chi connectivity index (χ0n) is 6.06. The SMILES string of the molecule is CC1CCNC(CN)C1. The molecule has 0 spiro atoms. The molecule has 54 valence electrons. The number of nitrogens with one attached hydrogen (secondary N) is 1. The minimum Gasteiger partial charge on any atom is -0.329 e.